The van der Waals surface area contributed by atoms with E-state index in [-0.39, 0.29) is 12.5 Å². The molecule has 4 N–H and O–H groups in total. The Balaban J connectivity index is 1.96. The molecule has 17 heavy (non-hydrogen) atoms. The lowest BCUT2D eigenvalue weighted by Crippen LogP contribution is -2.23. The van der Waals surface area contributed by atoms with E-state index in [1.54, 1.807) is 12.3 Å². The number of oxazole rings is 1. The van der Waals surface area contributed by atoms with Crippen LogP contribution in [-0.2, 0) is 6.54 Å². The second-order valence-corrected chi connectivity index (χ2v) is 3.78. The van der Waals surface area contributed by atoms with Crippen molar-refractivity contribution in [2.45, 2.75) is 20.4 Å². The summed E-state index contributed by atoms with van der Waals surface area (Å²) in [5.74, 6) is 1.02. The molecule has 2 rings (SSSR count). The van der Waals surface area contributed by atoms with Gasteiger partial charge in [0.05, 0.1) is 12.2 Å². The number of nitrogens with one attached hydrogen (secondary N) is 2. The molecule has 0 bridgehead atoms. The SMILES string of the molecule is Cc1nc(CNC(=O)c2cc(N)c[nH]2)oc1C. The Morgan fingerprint density at radius 2 is 2.35 bits per heavy atom. The summed E-state index contributed by atoms with van der Waals surface area (Å²) in [6, 6.07) is 1.57. The highest BCUT2D eigenvalue weighted by Gasteiger charge is 2.10. The van der Waals surface area contributed by atoms with Crippen molar-refractivity contribution in [3.63, 3.8) is 0 Å². The van der Waals surface area contributed by atoms with E-state index in [2.05, 4.69) is 15.3 Å². The molecule has 0 atom stereocenters. The van der Waals surface area contributed by atoms with Crippen LogP contribution in [0, 0.1) is 13.8 Å². The van der Waals surface area contributed by atoms with Gasteiger partial charge in [0.1, 0.15) is 11.5 Å². The number of nitrogens with two attached hydrogens (primary N) is 1. The van der Waals surface area contributed by atoms with Crippen molar-refractivity contribution in [1.29, 1.82) is 0 Å². The molecule has 6 heteroatoms. The van der Waals surface area contributed by atoms with Gasteiger partial charge in [-0.2, -0.15) is 0 Å². The predicted molar refractivity (Wildman–Crippen MR) is 62.4 cm³/mol. The van der Waals surface area contributed by atoms with Gasteiger partial charge in [-0.05, 0) is 19.9 Å². The molecule has 0 aliphatic heterocycles. The van der Waals surface area contributed by atoms with Gasteiger partial charge in [-0.25, -0.2) is 4.98 Å². The van der Waals surface area contributed by atoms with E-state index >= 15 is 0 Å². The van der Waals surface area contributed by atoms with E-state index in [0.29, 0.717) is 17.3 Å². The molecular weight excluding hydrogens is 220 g/mol. The molecule has 0 radical (unpaired) electrons. The summed E-state index contributed by atoms with van der Waals surface area (Å²) in [5.41, 5.74) is 7.28. The van der Waals surface area contributed by atoms with Gasteiger partial charge in [-0.1, -0.05) is 0 Å². The highest BCUT2D eigenvalue weighted by atomic mass is 16.4. The monoisotopic (exact) mass is 234 g/mol. The number of amides is 1. The zero-order valence-electron chi connectivity index (χ0n) is 9.70. The molecule has 0 aliphatic carbocycles. The Hall–Kier alpha value is -2.24. The molecule has 0 spiro atoms. The number of carbonyl (C=O) groups is 1. The maximum absolute atomic E-state index is 11.7. The topological polar surface area (TPSA) is 96.9 Å². The smallest absolute Gasteiger partial charge is 0.268 e. The Bertz CT molecular complexity index is 522. The summed E-state index contributed by atoms with van der Waals surface area (Å²) < 4.78 is 5.35. The van der Waals surface area contributed by atoms with Gasteiger partial charge in [0.25, 0.3) is 5.91 Å². The lowest BCUT2D eigenvalue weighted by molar-refractivity contribution is 0.0942. The highest BCUT2D eigenvalue weighted by Crippen LogP contribution is 2.08. The third-order valence-corrected chi connectivity index (χ3v) is 2.42. The highest BCUT2D eigenvalue weighted by molar-refractivity contribution is 5.93. The standard InChI is InChI=1S/C11H14N4O2/c1-6-7(2)17-10(15-6)5-14-11(16)9-3-8(12)4-13-9/h3-4,13H,5,12H2,1-2H3,(H,14,16). The first kappa shape index (κ1) is 11.3. The number of nitrogens with zero attached hydrogens (tertiary/aromatic N) is 1. The fourth-order valence-electron chi connectivity index (χ4n) is 1.41. The van der Waals surface area contributed by atoms with Gasteiger partial charge in [-0.3, -0.25) is 4.79 Å². The average molecular weight is 234 g/mol. The van der Waals surface area contributed by atoms with E-state index in [0.717, 1.165) is 11.5 Å². The molecule has 0 saturated heterocycles. The minimum atomic E-state index is -0.241. The first-order valence-corrected chi connectivity index (χ1v) is 5.21. The molecule has 1 amide bonds. The van der Waals surface area contributed by atoms with Crippen molar-refractivity contribution < 1.29 is 9.21 Å². The van der Waals surface area contributed by atoms with Crippen LogP contribution in [0.15, 0.2) is 16.7 Å². The third kappa shape index (κ3) is 2.47. The molecule has 6 nitrogen and oxygen atoms in total. The quantitative estimate of drug-likeness (QED) is 0.741. The lowest BCUT2D eigenvalue weighted by Gasteiger charge is -1.99. The van der Waals surface area contributed by atoms with Crippen molar-refractivity contribution in [2.75, 3.05) is 5.73 Å². The second kappa shape index (κ2) is 4.32. The normalized spacial score (nSPS) is 10.5. The second-order valence-electron chi connectivity index (χ2n) is 3.78. The number of rotatable bonds is 3. The molecule has 90 valence electrons. The maximum atomic E-state index is 11.7. The average Bonchev–Trinajstić information content (AvgIpc) is 2.83. The van der Waals surface area contributed by atoms with E-state index in [4.69, 9.17) is 10.2 Å². The molecule has 0 fully saturated rings. The minimum Gasteiger partial charge on any atom is -0.444 e. The first-order valence-electron chi connectivity index (χ1n) is 5.21. The van der Waals surface area contributed by atoms with Crippen LogP contribution in [0.25, 0.3) is 0 Å². The van der Waals surface area contributed by atoms with E-state index < -0.39 is 0 Å². The van der Waals surface area contributed by atoms with Gasteiger partial charge in [0.2, 0.25) is 5.89 Å². The van der Waals surface area contributed by atoms with Gasteiger partial charge in [0, 0.05) is 11.9 Å². The van der Waals surface area contributed by atoms with Crippen molar-refractivity contribution in [3.8, 4) is 0 Å². The summed E-state index contributed by atoms with van der Waals surface area (Å²) in [7, 11) is 0. The summed E-state index contributed by atoms with van der Waals surface area (Å²) >= 11 is 0. The number of carbonyl (C=O) groups excluding carboxylic acids is 1. The van der Waals surface area contributed by atoms with Crippen LogP contribution in [0.3, 0.4) is 0 Å². The fraction of sp³-hybridized carbons (Fsp3) is 0.273. The number of aromatic amines is 1. The third-order valence-electron chi connectivity index (χ3n) is 2.42. The van der Waals surface area contributed by atoms with Crippen molar-refractivity contribution in [3.05, 3.63) is 35.3 Å². The Morgan fingerprint density at radius 3 is 2.88 bits per heavy atom. The van der Waals surface area contributed by atoms with E-state index in [1.807, 2.05) is 13.8 Å². The first-order chi connectivity index (χ1) is 8.06. The number of anilines is 1. The molecule has 2 aromatic rings. The molecule has 2 aromatic heterocycles. The number of H-pyrrole nitrogens is 1. The van der Waals surface area contributed by atoms with Crippen LogP contribution in [0.4, 0.5) is 5.69 Å². The Morgan fingerprint density at radius 1 is 1.59 bits per heavy atom. The summed E-state index contributed by atoms with van der Waals surface area (Å²) in [5, 5.41) is 2.69. The molecule has 0 unspecified atom stereocenters. The number of hydrogen-bond acceptors (Lipinski definition) is 4. The van der Waals surface area contributed by atoms with Crippen molar-refractivity contribution >= 4 is 11.6 Å². The predicted octanol–water partition coefficient (Wildman–Crippen LogP) is 1.13. The zero-order valence-corrected chi connectivity index (χ0v) is 9.70. The summed E-state index contributed by atoms with van der Waals surface area (Å²) in [6.07, 6.45) is 1.56. The zero-order chi connectivity index (χ0) is 12.4. The van der Waals surface area contributed by atoms with Crippen LogP contribution in [0.1, 0.15) is 27.8 Å². The summed E-state index contributed by atoms with van der Waals surface area (Å²) in [6.45, 7) is 3.95. The van der Waals surface area contributed by atoms with Crippen LogP contribution in [0.5, 0.6) is 0 Å². The minimum absolute atomic E-state index is 0.241. The van der Waals surface area contributed by atoms with Crippen LogP contribution in [0.2, 0.25) is 0 Å². The summed E-state index contributed by atoms with van der Waals surface area (Å²) in [4.78, 5) is 18.6. The van der Waals surface area contributed by atoms with E-state index in [9.17, 15) is 4.79 Å². The van der Waals surface area contributed by atoms with Gasteiger partial charge >= 0.3 is 0 Å². The molecule has 0 saturated carbocycles. The Labute approximate surface area is 98.2 Å². The number of aryl methyl sites for hydroxylation is 2. The van der Waals surface area contributed by atoms with Crippen LogP contribution >= 0.6 is 0 Å². The van der Waals surface area contributed by atoms with Crippen LogP contribution < -0.4 is 11.1 Å². The van der Waals surface area contributed by atoms with Gasteiger partial charge in [0.15, 0.2) is 0 Å². The van der Waals surface area contributed by atoms with Crippen molar-refractivity contribution in [2.24, 2.45) is 0 Å². The molecule has 0 aliphatic rings. The molecule has 2 heterocycles. The van der Waals surface area contributed by atoms with Gasteiger partial charge in [-0.15, -0.1) is 0 Å². The number of aromatic nitrogens is 2. The van der Waals surface area contributed by atoms with E-state index in [1.165, 1.54) is 0 Å². The van der Waals surface area contributed by atoms with Crippen molar-refractivity contribution in [1.82, 2.24) is 15.3 Å². The fourth-order valence-corrected chi connectivity index (χ4v) is 1.41. The lowest BCUT2D eigenvalue weighted by atomic mass is 10.4. The Kier molecular flexibility index (Phi) is 2.86. The molecular formula is C11H14N4O2. The number of hydrogen-bond donors (Lipinski definition) is 3. The maximum Gasteiger partial charge on any atom is 0.268 e. The largest absolute Gasteiger partial charge is 0.444 e. The molecule has 0 aromatic carbocycles. The van der Waals surface area contributed by atoms with Crippen LogP contribution in [-0.4, -0.2) is 15.9 Å². The van der Waals surface area contributed by atoms with Gasteiger partial charge < -0.3 is 20.5 Å². The number of nitrogen functional groups attached to an aromatic ring is 1.